The molecule has 0 saturated carbocycles. The van der Waals surface area contributed by atoms with E-state index in [0.717, 1.165) is 24.4 Å². The normalized spacial score (nSPS) is 11.8. The number of aryl methyl sites for hydroxylation is 2. The minimum absolute atomic E-state index is 0.0716. The Bertz CT molecular complexity index is 402. The van der Waals surface area contributed by atoms with Crippen LogP contribution >= 0.6 is 0 Å². The fourth-order valence-corrected chi connectivity index (χ4v) is 1.78. The maximum Gasteiger partial charge on any atom is 0.140 e. The second-order valence-corrected chi connectivity index (χ2v) is 5.75. The van der Waals surface area contributed by atoms with Crippen molar-refractivity contribution in [2.45, 2.75) is 52.5 Å². The highest BCUT2D eigenvalue weighted by Gasteiger charge is 2.12. The Hall–Kier alpha value is -1.16. The SMILES string of the molecule is CCc1cc(CC(=O)CCNC(C)(C)C)n(C)n1. The highest BCUT2D eigenvalue weighted by Crippen LogP contribution is 2.06. The minimum atomic E-state index is 0.0716. The first-order chi connectivity index (χ1) is 8.31. The number of Topliss-reactive ketones (excluding diaryl/α,β-unsaturated/α-hetero) is 1. The van der Waals surface area contributed by atoms with Crippen molar-refractivity contribution in [2.24, 2.45) is 7.05 Å². The van der Waals surface area contributed by atoms with Crippen LogP contribution in [0.4, 0.5) is 0 Å². The summed E-state index contributed by atoms with van der Waals surface area (Å²) >= 11 is 0. The predicted octanol–water partition coefficient (Wildman–Crippen LogP) is 1.87. The van der Waals surface area contributed by atoms with Crippen molar-refractivity contribution in [2.75, 3.05) is 6.54 Å². The van der Waals surface area contributed by atoms with Crippen LogP contribution in [-0.2, 0) is 24.7 Å². The molecule has 0 fully saturated rings. The van der Waals surface area contributed by atoms with Crippen molar-refractivity contribution >= 4 is 5.78 Å². The third kappa shape index (κ3) is 5.00. The fraction of sp³-hybridized carbons (Fsp3) is 0.714. The van der Waals surface area contributed by atoms with E-state index in [0.29, 0.717) is 12.8 Å². The molecule has 0 aliphatic carbocycles. The fourth-order valence-electron chi connectivity index (χ4n) is 1.78. The Morgan fingerprint density at radius 2 is 2.11 bits per heavy atom. The molecule has 4 heteroatoms. The molecule has 0 unspecified atom stereocenters. The number of hydrogen-bond acceptors (Lipinski definition) is 3. The summed E-state index contributed by atoms with van der Waals surface area (Å²) in [4.78, 5) is 11.9. The van der Waals surface area contributed by atoms with Gasteiger partial charge in [-0.1, -0.05) is 6.92 Å². The Balaban J connectivity index is 2.42. The minimum Gasteiger partial charge on any atom is -0.312 e. The summed E-state index contributed by atoms with van der Waals surface area (Å²) in [6, 6.07) is 2.02. The van der Waals surface area contributed by atoms with Gasteiger partial charge in [0.1, 0.15) is 5.78 Å². The van der Waals surface area contributed by atoms with E-state index in [9.17, 15) is 4.79 Å². The maximum atomic E-state index is 11.9. The van der Waals surface area contributed by atoms with Gasteiger partial charge in [0.05, 0.1) is 5.69 Å². The Morgan fingerprint density at radius 3 is 2.61 bits per heavy atom. The van der Waals surface area contributed by atoms with Crippen LogP contribution in [0.5, 0.6) is 0 Å². The first kappa shape index (κ1) is 14.9. The summed E-state index contributed by atoms with van der Waals surface area (Å²) in [5.41, 5.74) is 2.13. The first-order valence-electron chi connectivity index (χ1n) is 6.60. The molecular formula is C14H25N3O. The van der Waals surface area contributed by atoms with Crippen molar-refractivity contribution in [1.29, 1.82) is 0 Å². The molecule has 0 radical (unpaired) electrons. The number of nitrogens with one attached hydrogen (secondary N) is 1. The van der Waals surface area contributed by atoms with Crippen LogP contribution < -0.4 is 5.32 Å². The van der Waals surface area contributed by atoms with Gasteiger partial charge in [-0.25, -0.2) is 0 Å². The van der Waals surface area contributed by atoms with Gasteiger partial charge in [0.25, 0.3) is 0 Å². The second kappa shape index (κ2) is 6.14. The summed E-state index contributed by atoms with van der Waals surface area (Å²) in [5, 5.41) is 7.68. The number of ketones is 1. The van der Waals surface area contributed by atoms with E-state index >= 15 is 0 Å². The molecule has 0 amide bonds. The van der Waals surface area contributed by atoms with E-state index in [1.165, 1.54) is 0 Å². The van der Waals surface area contributed by atoms with Crippen LogP contribution in [0, 0.1) is 0 Å². The quantitative estimate of drug-likeness (QED) is 0.839. The van der Waals surface area contributed by atoms with Crippen LogP contribution in [0.15, 0.2) is 6.07 Å². The van der Waals surface area contributed by atoms with Crippen LogP contribution in [0.2, 0.25) is 0 Å². The molecule has 1 heterocycles. The van der Waals surface area contributed by atoms with Gasteiger partial charge in [-0.15, -0.1) is 0 Å². The lowest BCUT2D eigenvalue weighted by Gasteiger charge is -2.20. The van der Waals surface area contributed by atoms with E-state index in [1.54, 1.807) is 0 Å². The molecule has 18 heavy (non-hydrogen) atoms. The topological polar surface area (TPSA) is 46.9 Å². The zero-order chi connectivity index (χ0) is 13.8. The Kier molecular flexibility index (Phi) is 5.08. The van der Waals surface area contributed by atoms with Gasteiger partial charge in [0.2, 0.25) is 0 Å². The first-order valence-corrected chi connectivity index (χ1v) is 6.60. The third-order valence-corrected chi connectivity index (χ3v) is 2.83. The zero-order valence-corrected chi connectivity index (χ0v) is 12.2. The molecular weight excluding hydrogens is 226 g/mol. The molecule has 0 bridgehead atoms. The highest BCUT2D eigenvalue weighted by atomic mass is 16.1. The summed E-state index contributed by atoms with van der Waals surface area (Å²) in [6.45, 7) is 9.12. The van der Waals surface area contributed by atoms with Crippen molar-refractivity contribution in [3.05, 3.63) is 17.5 Å². The van der Waals surface area contributed by atoms with Crippen LogP contribution in [0.25, 0.3) is 0 Å². The number of rotatable bonds is 6. The molecule has 0 saturated heterocycles. The molecule has 4 nitrogen and oxygen atoms in total. The predicted molar refractivity (Wildman–Crippen MR) is 73.7 cm³/mol. The van der Waals surface area contributed by atoms with E-state index in [-0.39, 0.29) is 11.3 Å². The molecule has 1 rings (SSSR count). The van der Waals surface area contributed by atoms with Crippen molar-refractivity contribution in [3.8, 4) is 0 Å². The summed E-state index contributed by atoms with van der Waals surface area (Å²) < 4.78 is 1.81. The number of hydrogen-bond donors (Lipinski definition) is 1. The molecule has 0 aliphatic rings. The van der Waals surface area contributed by atoms with Gasteiger partial charge in [-0.2, -0.15) is 5.10 Å². The van der Waals surface area contributed by atoms with Crippen LogP contribution in [0.3, 0.4) is 0 Å². The monoisotopic (exact) mass is 251 g/mol. The largest absolute Gasteiger partial charge is 0.312 e. The average molecular weight is 251 g/mol. The highest BCUT2D eigenvalue weighted by molar-refractivity contribution is 5.80. The van der Waals surface area contributed by atoms with Crippen molar-refractivity contribution < 1.29 is 4.79 Å². The maximum absolute atomic E-state index is 11.9. The zero-order valence-electron chi connectivity index (χ0n) is 12.2. The molecule has 1 aromatic rings. The number of carbonyl (C=O) groups is 1. The Labute approximate surface area is 110 Å². The van der Waals surface area contributed by atoms with Gasteiger partial charge in [-0.05, 0) is 33.3 Å². The summed E-state index contributed by atoms with van der Waals surface area (Å²) in [7, 11) is 1.90. The van der Waals surface area contributed by atoms with Gasteiger partial charge in [-0.3, -0.25) is 9.48 Å². The van der Waals surface area contributed by atoms with Crippen molar-refractivity contribution in [3.63, 3.8) is 0 Å². The number of nitrogens with zero attached hydrogens (tertiary/aromatic N) is 2. The Morgan fingerprint density at radius 1 is 1.44 bits per heavy atom. The van der Waals surface area contributed by atoms with E-state index in [2.05, 4.69) is 38.1 Å². The second-order valence-electron chi connectivity index (χ2n) is 5.75. The molecule has 0 aliphatic heterocycles. The lowest BCUT2D eigenvalue weighted by molar-refractivity contribution is -0.118. The van der Waals surface area contributed by atoms with E-state index in [1.807, 2.05) is 17.8 Å². The lowest BCUT2D eigenvalue weighted by Crippen LogP contribution is -2.37. The summed E-state index contributed by atoms with van der Waals surface area (Å²) in [5.74, 6) is 0.261. The van der Waals surface area contributed by atoms with E-state index in [4.69, 9.17) is 0 Å². The molecule has 1 N–H and O–H groups in total. The smallest absolute Gasteiger partial charge is 0.140 e. The molecule has 1 aromatic heterocycles. The van der Waals surface area contributed by atoms with Gasteiger partial charge >= 0.3 is 0 Å². The van der Waals surface area contributed by atoms with E-state index < -0.39 is 0 Å². The molecule has 102 valence electrons. The standard InChI is InChI=1S/C14H25N3O/c1-6-11-9-12(17(5)16-11)10-13(18)7-8-15-14(2,3)4/h9,15H,6-8,10H2,1-5H3. The number of carbonyl (C=O) groups excluding carboxylic acids is 1. The summed E-state index contributed by atoms with van der Waals surface area (Å²) in [6.07, 6.45) is 1.97. The third-order valence-electron chi connectivity index (χ3n) is 2.83. The van der Waals surface area contributed by atoms with Gasteiger partial charge < -0.3 is 5.32 Å². The lowest BCUT2D eigenvalue weighted by atomic mass is 10.1. The van der Waals surface area contributed by atoms with Crippen molar-refractivity contribution in [1.82, 2.24) is 15.1 Å². The van der Waals surface area contributed by atoms with Crippen LogP contribution in [-0.4, -0.2) is 27.6 Å². The molecule has 0 atom stereocenters. The molecule has 0 spiro atoms. The molecule has 0 aromatic carbocycles. The van der Waals surface area contributed by atoms with Crippen LogP contribution in [0.1, 0.15) is 45.5 Å². The van der Waals surface area contributed by atoms with Gasteiger partial charge in [0.15, 0.2) is 0 Å². The average Bonchev–Trinajstić information content (AvgIpc) is 2.57. The number of aromatic nitrogens is 2. The van der Waals surface area contributed by atoms with Gasteiger partial charge in [0, 0.05) is 37.7 Å².